The first-order chi connectivity index (χ1) is 6.54. The van der Waals surface area contributed by atoms with Gasteiger partial charge in [-0.2, -0.15) is 0 Å². The van der Waals surface area contributed by atoms with Crippen LogP contribution in [0.1, 0.15) is 20.3 Å². The van der Waals surface area contributed by atoms with Gasteiger partial charge in [-0.1, -0.05) is 0 Å². The summed E-state index contributed by atoms with van der Waals surface area (Å²) < 4.78 is 5.43. The zero-order valence-corrected chi connectivity index (χ0v) is 8.37. The SMILES string of the molecule is CC1OCCC1(C)N1CC(=O)NC1=O. The number of nitrogens with one attached hydrogen (secondary N) is 1. The van der Waals surface area contributed by atoms with Crippen molar-refractivity contribution in [2.24, 2.45) is 0 Å². The number of rotatable bonds is 1. The summed E-state index contributed by atoms with van der Waals surface area (Å²) in [5.74, 6) is -0.227. The van der Waals surface area contributed by atoms with Gasteiger partial charge in [-0.05, 0) is 20.3 Å². The van der Waals surface area contributed by atoms with E-state index in [0.717, 1.165) is 6.42 Å². The summed E-state index contributed by atoms with van der Waals surface area (Å²) in [6, 6.07) is -0.296. The number of carbonyl (C=O) groups excluding carboxylic acids is 2. The summed E-state index contributed by atoms with van der Waals surface area (Å²) >= 11 is 0. The Kier molecular flexibility index (Phi) is 1.99. The molecule has 0 aromatic carbocycles. The molecule has 0 aromatic heterocycles. The zero-order chi connectivity index (χ0) is 10.3. The Labute approximate surface area is 82.4 Å². The van der Waals surface area contributed by atoms with Crippen LogP contribution in [0, 0.1) is 0 Å². The van der Waals surface area contributed by atoms with E-state index >= 15 is 0 Å². The van der Waals surface area contributed by atoms with Crippen molar-refractivity contribution in [1.29, 1.82) is 0 Å². The first kappa shape index (κ1) is 9.45. The topological polar surface area (TPSA) is 58.6 Å². The number of carbonyl (C=O) groups is 2. The third-order valence-corrected chi connectivity index (χ3v) is 3.26. The predicted octanol–water partition coefficient (Wildman–Crippen LogP) is 0.106. The van der Waals surface area contributed by atoms with E-state index in [0.29, 0.717) is 6.61 Å². The van der Waals surface area contributed by atoms with Crippen molar-refractivity contribution in [1.82, 2.24) is 10.2 Å². The molecule has 2 aliphatic heterocycles. The van der Waals surface area contributed by atoms with Crippen LogP contribution in [0.5, 0.6) is 0 Å². The molecule has 78 valence electrons. The highest BCUT2D eigenvalue weighted by atomic mass is 16.5. The summed E-state index contributed by atoms with van der Waals surface area (Å²) in [7, 11) is 0. The van der Waals surface area contributed by atoms with Gasteiger partial charge in [0, 0.05) is 6.61 Å². The van der Waals surface area contributed by atoms with Gasteiger partial charge in [-0.15, -0.1) is 0 Å². The number of ether oxygens (including phenoxy) is 1. The van der Waals surface area contributed by atoms with E-state index in [4.69, 9.17) is 4.74 Å². The summed E-state index contributed by atoms with van der Waals surface area (Å²) in [6.45, 7) is 4.70. The minimum absolute atomic E-state index is 0.0147. The van der Waals surface area contributed by atoms with Crippen LogP contribution in [0.2, 0.25) is 0 Å². The van der Waals surface area contributed by atoms with E-state index < -0.39 is 0 Å². The van der Waals surface area contributed by atoms with Crippen LogP contribution in [0.3, 0.4) is 0 Å². The number of urea groups is 1. The maximum absolute atomic E-state index is 11.5. The Bertz CT molecular complexity index is 292. The molecule has 2 unspecified atom stereocenters. The molecule has 0 aliphatic carbocycles. The summed E-state index contributed by atoms with van der Waals surface area (Å²) in [6.07, 6.45) is 0.772. The van der Waals surface area contributed by atoms with E-state index in [2.05, 4.69) is 5.32 Å². The fourth-order valence-electron chi connectivity index (χ4n) is 2.03. The number of nitrogens with zero attached hydrogens (tertiary/aromatic N) is 1. The first-order valence-electron chi connectivity index (χ1n) is 4.77. The van der Waals surface area contributed by atoms with Crippen LogP contribution in [0.4, 0.5) is 4.79 Å². The van der Waals surface area contributed by atoms with Crippen molar-refractivity contribution < 1.29 is 14.3 Å². The van der Waals surface area contributed by atoms with Crippen LogP contribution in [0.15, 0.2) is 0 Å². The molecule has 0 aromatic rings. The highest BCUT2D eigenvalue weighted by molar-refractivity contribution is 6.02. The molecule has 2 rings (SSSR count). The number of hydrogen-bond donors (Lipinski definition) is 1. The number of hydrogen-bond acceptors (Lipinski definition) is 3. The van der Waals surface area contributed by atoms with Gasteiger partial charge in [-0.3, -0.25) is 10.1 Å². The summed E-state index contributed by atoms with van der Waals surface area (Å²) in [5, 5.41) is 2.28. The molecule has 1 N–H and O–H groups in total. The fraction of sp³-hybridized carbons (Fsp3) is 0.778. The van der Waals surface area contributed by atoms with E-state index in [1.54, 1.807) is 4.90 Å². The van der Waals surface area contributed by atoms with Gasteiger partial charge in [0.15, 0.2) is 0 Å². The number of imide groups is 1. The van der Waals surface area contributed by atoms with E-state index in [1.807, 2.05) is 13.8 Å². The average molecular weight is 198 g/mol. The van der Waals surface area contributed by atoms with Crippen LogP contribution in [-0.4, -0.2) is 41.6 Å². The molecule has 2 heterocycles. The molecule has 0 radical (unpaired) electrons. The lowest BCUT2D eigenvalue weighted by Crippen LogP contribution is -2.52. The average Bonchev–Trinajstić information content (AvgIpc) is 2.59. The molecular formula is C9H14N2O3. The van der Waals surface area contributed by atoms with Crippen LogP contribution >= 0.6 is 0 Å². The lowest BCUT2D eigenvalue weighted by molar-refractivity contribution is -0.119. The van der Waals surface area contributed by atoms with Crippen molar-refractivity contribution >= 4 is 11.9 Å². The maximum atomic E-state index is 11.5. The highest BCUT2D eigenvalue weighted by Gasteiger charge is 2.47. The van der Waals surface area contributed by atoms with Crippen molar-refractivity contribution in [2.75, 3.05) is 13.2 Å². The number of amides is 3. The quantitative estimate of drug-likeness (QED) is 0.608. The lowest BCUT2D eigenvalue weighted by atomic mass is 9.93. The molecule has 0 bridgehead atoms. The first-order valence-corrected chi connectivity index (χ1v) is 4.77. The van der Waals surface area contributed by atoms with Gasteiger partial charge in [0.1, 0.15) is 6.54 Å². The van der Waals surface area contributed by atoms with E-state index in [-0.39, 0.29) is 30.1 Å². The molecule has 2 saturated heterocycles. The van der Waals surface area contributed by atoms with Crippen molar-refractivity contribution in [3.8, 4) is 0 Å². The fourth-order valence-corrected chi connectivity index (χ4v) is 2.03. The monoisotopic (exact) mass is 198 g/mol. The molecule has 0 spiro atoms. The largest absolute Gasteiger partial charge is 0.376 e. The normalized spacial score (nSPS) is 37.9. The molecule has 3 amide bonds. The van der Waals surface area contributed by atoms with E-state index in [1.165, 1.54) is 0 Å². The Morgan fingerprint density at radius 1 is 1.57 bits per heavy atom. The Balaban J connectivity index is 2.21. The lowest BCUT2D eigenvalue weighted by Gasteiger charge is -2.36. The standard InChI is InChI=1S/C9H14N2O3/c1-6-9(2,3-4-14-6)11-5-7(12)10-8(11)13/h6H,3-5H2,1-2H3,(H,10,12,13). The van der Waals surface area contributed by atoms with Gasteiger partial charge in [0.05, 0.1) is 11.6 Å². The van der Waals surface area contributed by atoms with Gasteiger partial charge < -0.3 is 9.64 Å². The molecule has 5 nitrogen and oxygen atoms in total. The Hall–Kier alpha value is -1.10. The second kappa shape index (κ2) is 2.95. The van der Waals surface area contributed by atoms with Crippen molar-refractivity contribution in [3.63, 3.8) is 0 Å². The maximum Gasteiger partial charge on any atom is 0.325 e. The van der Waals surface area contributed by atoms with Crippen LogP contribution in [-0.2, 0) is 9.53 Å². The Morgan fingerprint density at radius 2 is 2.29 bits per heavy atom. The van der Waals surface area contributed by atoms with Gasteiger partial charge in [-0.25, -0.2) is 4.79 Å². The molecule has 2 fully saturated rings. The second-order valence-electron chi connectivity index (χ2n) is 4.06. The van der Waals surface area contributed by atoms with Crippen LogP contribution in [0.25, 0.3) is 0 Å². The van der Waals surface area contributed by atoms with E-state index in [9.17, 15) is 9.59 Å². The minimum atomic E-state index is -0.337. The van der Waals surface area contributed by atoms with Crippen molar-refractivity contribution in [2.45, 2.75) is 31.9 Å². The van der Waals surface area contributed by atoms with Crippen LogP contribution < -0.4 is 5.32 Å². The summed E-state index contributed by atoms with van der Waals surface area (Å²) in [4.78, 5) is 24.1. The van der Waals surface area contributed by atoms with Crippen molar-refractivity contribution in [3.05, 3.63) is 0 Å². The van der Waals surface area contributed by atoms with Gasteiger partial charge >= 0.3 is 6.03 Å². The molecule has 5 heteroatoms. The third kappa shape index (κ3) is 1.19. The highest BCUT2D eigenvalue weighted by Crippen LogP contribution is 2.32. The Morgan fingerprint density at radius 3 is 2.71 bits per heavy atom. The third-order valence-electron chi connectivity index (χ3n) is 3.26. The zero-order valence-electron chi connectivity index (χ0n) is 8.37. The molecule has 14 heavy (non-hydrogen) atoms. The second-order valence-corrected chi connectivity index (χ2v) is 4.06. The molecule has 0 saturated carbocycles. The minimum Gasteiger partial charge on any atom is -0.376 e. The summed E-state index contributed by atoms with van der Waals surface area (Å²) in [5.41, 5.74) is -0.337. The smallest absolute Gasteiger partial charge is 0.325 e. The van der Waals surface area contributed by atoms with Gasteiger partial charge in [0.25, 0.3) is 0 Å². The van der Waals surface area contributed by atoms with Gasteiger partial charge in [0.2, 0.25) is 5.91 Å². The molecule has 2 aliphatic rings. The molecular weight excluding hydrogens is 184 g/mol. The predicted molar refractivity (Wildman–Crippen MR) is 48.7 cm³/mol. The molecule has 2 atom stereocenters.